The SMILES string of the molecule is COCC(=O)N1CCC[C@]2(CCC(=O)N(CCc3cnc[nH]3)C2)C1. The molecule has 0 aliphatic carbocycles. The Balaban J connectivity index is 1.62. The normalized spacial score (nSPS) is 24.6. The van der Waals surface area contributed by atoms with Gasteiger partial charge in [0.05, 0.1) is 6.33 Å². The summed E-state index contributed by atoms with van der Waals surface area (Å²) in [6, 6.07) is 0. The lowest BCUT2D eigenvalue weighted by atomic mass is 9.73. The average Bonchev–Trinajstić information content (AvgIpc) is 3.10. The van der Waals surface area contributed by atoms with Gasteiger partial charge < -0.3 is 19.5 Å². The van der Waals surface area contributed by atoms with Gasteiger partial charge in [0.2, 0.25) is 11.8 Å². The van der Waals surface area contributed by atoms with Crippen molar-refractivity contribution in [3.05, 3.63) is 18.2 Å². The average molecular weight is 334 g/mol. The third-order valence-electron chi connectivity index (χ3n) is 5.24. The molecule has 0 unspecified atom stereocenters. The highest BCUT2D eigenvalue weighted by Gasteiger charge is 2.42. The molecule has 2 aliphatic heterocycles. The lowest BCUT2D eigenvalue weighted by molar-refractivity contribution is -0.144. The van der Waals surface area contributed by atoms with Crippen LogP contribution in [0.25, 0.3) is 0 Å². The van der Waals surface area contributed by atoms with Crippen molar-refractivity contribution < 1.29 is 14.3 Å². The molecule has 1 atom stereocenters. The van der Waals surface area contributed by atoms with Crippen molar-refractivity contribution in [3.63, 3.8) is 0 Å². The van der Waals surface area contributed by atoms with Gasteiger partial charge in [-0.25, -0.2) is 4.98 Å². The van der Waals surface area contributed by atoms with Crippen LogP contribution in [0.1, 0.15) is 31.4 Å². The molecule has 1 N–H and O–H groups in total. The Bertz CT molecular complexity index is 574. The topological polar surface area (TPSA) is 78.5 Å². The second kappa shape index (κ2) is 7.34. The summed E-state index contributed by atoms with van der Waals surface area (Å²) in [5.74, 6) is 0.276. The lowest BCUT2D eigenvalue weighted by Crippen LogP contribution is -2.55. The van der Waals surface area contributed by atoms with E-state index in [1.807, 2.05) is 9.80 Å². The van der Waals surface area contributed by atoms with E-state index in [9.17, 15) is 9.59 Å². The van der Waals surface area contributed by atoms with E-state index in [-0.39, 0.29) is 23.8 Å². The number of hydrogen-bond acceptors (Lipinski definition) is 4. The number of likely N-dealkylation sites (tertiary alicyclic amines) is 2. The summed E-state index contributed by atoms with van der Waals surface area (Å²) < 4.78 is 4.99. The second-order valence-electron chi connectivity index (χ2n) is 6.99. The van der Waals surface area contributed by atoms with Gasteiger partial charge in [0.25, 0.3) is 0 Å². The molecule has 0 radical (unpaired) electrons. The number of nitrogens with one attached hydrogen (secondary N) is 1. The van der Waals surface area contributed by atoms with Crippen LogP contribution in [-0.2, 0) is 20.7 Å². The van der Waals surface area contributed by atoms with Gasteiger partial charge in [-0.3, -0.25) is 9.59 Å². The van der Waals surface area contributed by atoms with Crippen LogP contribution in [-0.4, -0.2) is 71.5 Å². The zero-order valence-corrected chi connectivity index (χ0v) is 14.3. The van der Waals surface area contributed by atoms with Crippen molar-refractivity contribution in [2.45, 2.75) is 32.1 Å². The fraction of sp³-hybridized carbons (Fsp3) is 0.706. The number of H-pyrrole nitrogens is 1. The van der Waals surface area contributed by atoms with Crippen molar-refractivity contribution in [1.82, 2.24) is 19.8 Å². The monoisotopic (exact) mass is 334 g/mol. The van der Waals surface area contributed by atoms with Gasteiger partial charge in [0, 0.05) is 63.4 Å². The molecule has 1 spiro atoms. The van der Waals surface area contributed by atoms with E-state index in [2.05, 4.69) is 9.97 Å². The molecule has 132 valence electrons. The van der Waals surface area contributed by atoms with Crippen LogP contribution in [0.4, 0.5) is 0 Å². The first kappa shape index (κ1) is 17.0. The van der Waals surface area contributed by atoms with Crippen LogP contribution in [0.2, 0.25) is 0 Å². The number of hydrogen-bond donors (Lipinski definition) is 1. The number of piperidine rings is 2. The van der Waals surface area contributed by atoms with Gasteiger partial charge in [-0.1, -0.05) is 0 Å². The fourth-order valence-corrected chi connectivity index (χ4v) is 3.95. The maximum absolute atomic E-state index is 12.3. The van der Waals surface area contributed by atoms with Crippen molar-refractivity contribution in [2.24, 2.45) is 5.41 Å². The maximum Gasteiger partial charge on any atom is 0.248 e. The van der Waals surface area contributed by atoms with Crippen molar-refractivity contribution in [3.8, 4) is 0 Å². The molecule has 3 rings (SSSR count). The molecule has 3 heterocycles. The summed E-state index contributed by atoms with van der Waals surface area (Å²) >= 11 is 0. The molecule has 7 heteroatoms. The molecule has 2 saturated heterocycles. The molecule has 24 heavy (non-hydrogen) atoms. The van der Waals surface area contributed by atoms with E-state index in [0.29, 0.717) is 13.0 Å². The highest BCUT2D eigenvalue weighted by atomic mass is 16.5. The van der Waals surface area contributed by atoms with E-state index >= 15 is 0 Å². The number of carbonyl (C=O) groups excluding carboxylic acids is 2. The minimum atomic E-state index is 0.0452. The van der Waals surface area contributed by atoms with E-state index in [0.717, 1.165) is 51.0 Å². The third kappa shape index (κ3) is 3.77. The molecule has 0 bridgehead atoms. The van der Waals surface area contributed by atoms with Crippen molar-refractivity contribution >= 4 is 11.8 Å². The molecule has 2 amide bonds. The Morgan fingerprint density at radius 1 is 1.42 bits per heavy atom. The Morgan fingerprint density at radius 2 is 2.29 bits per heavy atom. The zero-order valence-electron chi connectivity index (χ0n) is 14.3. The lowest BCUT2D eigenvalue weighted by Gasteiger charge is -2.48. The summed E-state index contributed by atoms with van der Waals surface area (Å²) in [7, 11) is 1.55. The molecular formula is C17H26N4O3. The summed E-state index contributed by atoms with van der Waals surface area (Å²) in [4.78, 5) is 35.4. The molecule has 2 fully saturated rings. The first-order chi connectivity index (χ1) is 11.6. The van der Waals surface area contributed by atoms with Gasteiger partial charge in [-0.15, -0.1) is 0 Å². The Hall–Kier alpha value is -1.89. The molecular weight excluding hydrogens is 308 g/mol. The van der Waals surface area contributed by atoms with E-state index in [4.69, 9.17) is 4.74 Å². The number of aromatic nitrogens is 2. The number of carbonyl (C=O) groups is 2. The number of nitrogens with zero attached hydrogens (tertiary/aromatic N) is 3. The van der Waals surface area contributed by atoms with Crippen LogP contribution < -0.4 is 0 Å². The zero-order chi connectivity index (χ0) is 17.0. The van der Waals surface area contributed by atoms with Gasteiger partial charge in [0.15, 0.2) is 0 Å². The predicted octanol–water partition coefficient (Wildman–Crippen LogP) is 0.830. The number of imidazole rings is 1. The minimum Gasteiger partial charge on any atom is -0.375 e. The highest BCUT2D eigenvalue weighted by molar-refractivity contribution is 5.78. The summed E-state index contributed by atoms with van der Waals surface area (Å²) in [6.07, 6.45) is 7.79. The number of rotatable bonds is 5. The van der Waals surface area contributed by atoms with Gasteiger partial charge >= 0.3 is 0 Å². The number of methoxy groups -OCH3 is 1. The van der Waals surface area contributed by atoms with Crippen LogP contribution in [0, 0.1) is 5.41 Å². The Labute approximate surface area is 142 Å². The summed E-state index contributed by atoms with van der Waals surface area (Å²) in [5, 5.41) is 0. The first-order valence-electron chi connectivity index (χ1n) is 8.64. The quantitative estimate of drug-likeness (QED) is 0.865. The molecule has 1 aromatic heterocycles. The van der Waals surface area contributed by atoms with Crippen LogP contribution in [0.3, 0.4) is 0 Å². The maximum atomic E-state index is 12.3. The Kier molecular flexibility index (Phi) is 5.18. The number of ether oxygens (including phenoxy) is 1. The van der Waals surface area contributed by atoms with Gasteiger partial charge in [-0.2, -0.15) is 0 Å². The van der Waals surface area contributed by atoms with E-state index in [1.165, 1.54) is 0 Å². The standard InChI is InChI=1S/C17H26N4O3/c1-24-10-16(23)20-7-2-5-17(11-20)6-3-15(22)21(12-17)8-4-14-9-18-13-19-14/h9,13H,2-8,10-12H2,1H3,(H,18,19)/t17-/m0/s1. The highest BCUT2D eigenvalue weighted by Crippen LogP contribution is 2.38. The number of aromatic amines is 1. The summed E-state index contributed by atoms with van der Waals surface area (Å²) in [5.41, 5.74) is 1.09. The second-order valence-corrected chi connectivity index (χ2v) is 6.99. The van der Waals surface area contributed by atoms with Crippen LogP contribution in [0.5, 0.6) is 0 Å². The minimum absolute atomic E-state index is 0.0452. The van der Waals surface area contributed by atoms with E-state index in [1.54, 1.807) is 19.6 Å². The first-order valence-corrected chi connectivity index (χ1v) is 8.64. The molecule has 0 aromatic carbocycles. The molecule has 1 aromatic rings. The van der Waals surface area contributed by atoms with Crippen LogP contribution in [0.15, 0.2) is 12.5 Å². The summed E-state index contributed by atoms with van der Waals surface area (Å²) in [6.45, 7) is 3.12. The van der Waals surface area contributed by atoms with Crippen LogP contribution >= 0.6 is 0 Å². The molecule has 2 aliphatic rings. The van der Waals surface area contributed by atoms with Crippen molar-refractivity contribution in [1.29, 1.82) is 0 Å². The largest absolute Gasteiger partial charge is 0.375 e. The van der Waals surface area contributed by atoms with Crippen molar-refractivity contribution in [2.75, 3.05) is 39.9 Å². The van der Waals surface area contributed by atoms with Gasteiger partial charge in [-0.05, 0) is 19.3 Å². The van der Waals surface area contributed by atoms with E-state index < -0.39 is 0 Å². The van der Waals surface area contributed by atoms with Gasteiger partial charge in [0.1, 0.15) is 6.61 Å². The predicted molar refractivity (Wildman–Crippen MR) is 88.2 cm³/mol. The molecule has 0 saturated carbocycles. The fourth-order valence-electron chi connectivity index (χ4n) is 3.95. The molecule has 7 nitrogen and oxygen atoms in total. The smallest absolute Gasteiger partial charge is 0.248 e. The Morgan fingerprint density at radius 3 is 3.04 bits per heavy atom. The third-order valence-corrected chi connectivity index (χ3v) is 5.24. The number of amides is 2.